The van der Waals surface area contributed by atoms with Gasteiger partial charge in [0.25, 0.3) is 5.91 Å². The number of aromatic nitrogens is 2. The summed E-state index contributed by atoms with van der Waals surface area (Å²) in [6, 6.07) is 18.3. The lowest BCUT2D eigenvalue weighted by molar-refractivity contribution is -0.115. The van der Waals surface area contributed by atoms with Crippen LogP contribution in [-0.4, -0.2) is 28.3 Å². The van der Waals surface area contributed by atoms with E-state index in [2.05, 4.69) is 20.6 Å². The minimum atomic E-state index is -0.347. The Kier molecular flexibility index (Phi) is 5.11. The Labute approximate surface area is 145 Å². The first kappa shape index (κ1) is 16.3. The minimum Gasteiger partial charge on any atom is -0.343 e. The van der Waals surface area contributed by atoms with E-state index in [1.807, 2.05) is 36.4 Å². The summed E-state index contributed by atoms with van der Waals surface area (Å²) >= 11 is 0. The number of carbonyl (C=O) groups is 2. The molecule has 0 saturated heterocycles. The number of hydrogen-bond donors (Lipinski definition) is 2. The molecule has 2 amide bonds. The van der Waals surface area contributed by atoms with E-state index < -0.39 is 0 Å². The van der Waals surface area contributed by atoms with Crippen LogP contribution in [0, 0.1) is 0 Å². The van der Waals surface area contributed by atoms with Gasteiger partial charge in [0.2, 0.25) is 5.91 Å². The van der Waals surface area contributed by atoms with Gasteiger partial charge < -0.3 is 10.6 Å². The number of hydrogen-bond acceptors (Lipinski definition) is 4. The molecule has 25 heavy (non-hydrogen) atoms. The zero-order valence-corrected chi connectivity index (χ0v) is 13.3. The van der Waals surface area contributed by atoms with Crippen molar-refractivity contribution in [2.24, 2.45) is 0 Å². The summed E-state index contributed by atoms with van der Waals surface area (Å²) in [6.45, 7) is -0.131. The third-order valence-electron chi connectivity index (χ3n) is 3.41. The van der Waals surface area contributed by atoms with Crippen LogP contribution in [0.2, 0.25) is 0 Å². The van der Waals surface area contributed by atoms with Crippen molar-refractivity contribution in [3.8, 4) is 11.4 Å². The van der Waals surface area contributed by atoms with Crippen molar-refractivity contribution < 1.29 is 9.59 Å². The van der Waals surface area contributed by atoms with Crippen molar-refractivity contribution in [1.82, 2.24) is 15.3 Å². The van der Waals surface area contributed by atoms with Gasteiger partial charge in [-0.3, -0.25) is 9.59 Å². The lowest BCUT2D eigenvalue weighted by Gasteiger charge is -2.07. The first-order chi connectivity index (χ1) is 12.2. The van der Waals surface area contributed by atoms with Gasteiger partial charge in [-0.25, -0.2) is 9.97 Å². The second kappa shape index (κ2) is 7.83. The summed E-state index contributed by atoms with van der Waals surface area (Å²) in [4.78, 5) is 32.3. The highest BCUT2D eigenvalue weighted by Gasteiger charge is 2.08. The van der Waals surface area contributed by atoms with Crippen molar-refractivity contribution >= 4 is 17.5 Å². The zero-order chi connectivity index (χ0) is 17.5. The van der Waals surface area contributed by atoms with Crippen LogP contribution in [0.25, 0.3) is 11.4 Å². The van der Waals surface area contributed by atoms with Crippen LogP contribution in [-0.2, 0) is 4.79 Å². The Morgan fingerprint density at radius 3 is 2.08 bits per heavy atom. The Balaban J connectivity index is 1.54. The quantitative estimate of drug-likeness (QED) is 0.752. The molecule has 0 unspecified atom stereocenters. The second-order valence-corrected chi connectivity index (χ2v) is 5.26. The normalized spacial score (nSPS) is 10.1. The summed E-state index contributed by atoms with van der Waals surface area (Å²) in [6.07, 6.45) is 3.07. The highest BCUT2D eigenvalue weighted by atomic mass is 16.2. The number of nitrogens with one attached hydrogen (secondary N) is 2. The van der Waals surface area contributed by atoms with Crippen LogP contribution in [0.3, 0.4) is 0 Å². The molecule has 3 aromatic rings. The molecule has 124 valence electrons. The molecule has 0 aliphatic heterocycles. The molecular formula is C19H16N4O2. The molecule has 0 bridgehead atoms. The summed E-state index contributed by atoms with van der Waals surface area (Å²) in [5.74, 6) is -0.0669. The van der Waals surface area contributed by atoms with Crippen LogP contribution >= 0.6 is 0 Å². The van der Waals surface area contributed by atoms with Gasteiger partial charge in [0.05, 0.1) is 24.6 Å². The van der Waals surface area contributed by atoms with Gasteiger partial charge in [0.1, 0.15) is 0 Å². The van der Waals surface area contributed by atoms with Crippen molar-refractivity contribution in [2.75, 3.05) is 11.9 Å². The lowest BCUT2D eigenvalue weighted by Crippen LogP contribution is -2.32. The molecule has 3 rings (SSSR count). The van der Waals surface area contributed by atoms with Crippen LogP contribution in [0.15, 0.2) is 73.1 Å². The van der Waals surface area contributed by atoms with Crippen LogP contribution in [0.1, 0.15) is 10.4 Å². The van der Waals surface area contributed by atoms with Gasteiger partial charge in [0.15, 0.2) is 5.82 Å². The highest BCUT2D eigenvalue weighted by molar-refractivity contribution is 5.99. The van der Waals surface area contributed by atoms with Crippen molar-refractivity contribution in [2.45, 2.75) is 0 Å². The van der Waals surface area contributed by atoms with Crippen LogP contribution in [0.4, 0.5) is 5.69 Å². The summed E-state index contributed by atoms with van der Waals surface area (Å²) in [5, 5.41) is 5.21. The minimum absolute atomic E-state index is 0.131. The van der Waals surface area contributed by atoms with E-state index >= 15 is 0 Å². The Hall–Kier alpha value is -3.54. The molecular weight excluding hydrogens is 316 g/mol. The van der Waals surface area contributed by atoms with Gasteiger partial charge in [0, 0.05) is 11.1 Å². The molecule has 1 heterocycles. The molecule has 0 aliphatic rings. The topological polar surface area (TPSA) is 84.0 Å². The fourth-order valence-corrected chi connectivity index (χ4v) is 2.19. The van der Waals surface area contributed by atoms with E-state index in [4.69, 9.17) is 0 Å². The number of anilines is 1. The summed E-state index contributed by atoms with van der Waals surface area (Å²) in [7, 11) is 0. The molecule has 0 atom stereocenters. The fourth-order valence-electron chi connectivity index (χ4n) is 2.19. The van der Waals surface area contributed by atoms with E-state index in [1.54, 1.807) is 24.3 Å². The number of rotatable bonds is 5. The highest BCUT2D eigenvalue weighted by Crippen LogP contribution is 2.14. The Morgan fingerprint density at radius 2 is 1.44 bits per heavy atom. The lowest BCUT2D eigenvalue weighted by atomic mass is 10.2. The summed E-state index contributed by atoms with van der Waals surface area (Å²) < 4.78 is 0. The number of amides is 2. The van der Waals surface area contributed by atoms with E-state index in [9.17, 15) is 9.59 Å². The predicted molar refractivity (Wildman–Crippen MR) is 94.9 cm³/mol. The molecule has 1 aromatic heterocycles. The molecule has 2 aromatic carbocycles. The van der Waals surface area contributed by atoms with E-state index in [0.717, 1.165) is 5.56 Å². The molecule has 6 heteroatoms. The Bertz CT molecular complexity index is 850. The molecule has 0 aliphatic carbocycles. The summed E-state index contributed by atoms with van der Waals surface area (Å²) in [5.41, 5.74) is 1.87. The third kappa shape index (κ3) is 4.48. The maximum absolute atomic E-state index is 11.9. The van der Waals surface area contributed by atoms with Gasteiger partial charge in [-0.15, -0.1) is 0 Å². The van der Waals surface area contributed by atoms with Crippen LogP contribution < -0.4 is 10.6 Å². The third-order valence-corrected chi connectivity index (χ3v) is 3.41. The van der Waals surface area contributed by atoms with E-state index in [0.29, 0.717) is 17.1 Å². The van der Waals surface area contributed by atoms with Crippen molar-refractivity contribution in [3.05, 3.63) is 78.6 Å². The van der Waals surface area contributed by atoms with Crippen molar-refractivity contribution in [3.63, 3.8) is 0 Å². The monoisotopic (exact) mass is 332 g/mol. The SMILES string of the molecule is O=C(CNC(=O)c1ccccc1)Nc1cnc(-c2ccccc2)nc1. The maximum Gasteiger partial charge on any atom is 0.251 e. The van der Waals surface area contributed by atoms with Crippen molar-refractivity contribution in [1.29, 1.82) is 0 Å². The zero-order valence-electron chi connectivity index (χ0n) is 13.3. The van der Waals surface area contributed by atoms with Gasteiger partial charge in [-0.2, -0.15) is 0 Å². The second-order valence-electron chi connectivity index (χ2n) is 5.26. The molecule has 0 saturated carbocycles. The van der Waals surface area contributed by atoms with Gasteiger partial charge >= 0.3 is 0 Å². The average molecular weight is 332 g/mol. The molecule has 6 nitrogen and oxygen atoms in total. The molecule has 2 N–H and O–H groups in total. The predicted octanol–water partition coefficient (Wildman–Crippen LogP) is 2.51. The smallest absolute Gasteiger partial charge is 0.251 e. The van der Waals surface area contributed by atoms with Crippen LogP contribution in [0.5, 0.6) is 0 Å². The molecule has 0 radical (unpaired) electrons. The standard InChI is InChI=1S/C19H16N4O2/c24-17(13-22-19(25)15-9-5-2-6-10-15)23-16-11-20-18(21-12-16)14-7-3-1-4-8-14/h1-12H,13H2,(H,22,25)(H,23,24). The fraction of sp³-hybridized carbons (Fsp3) is 0.0526. The maximum atomic E-state index is 11.9. The number of benzene rings is 2. The largest absolute Gasteiger partial charge is 0.343 e. The van der Waals surface area contributed by atoms with Gasteiger partial charge in [-0.1, -0.05) is 48.5 Å². The first-order valence-corrected chi connectivity index (χ1v) is 7.73. The van der Waals surface area contributed by atoms with E-state index in [-0.39, 0.29) is 18.4 Å². The van der Waals surface area contributed by atoms with Gasteiger partial charge in [-0.05, 0) is 12.1 Å². The molecule has 0 fully saturated rings. The molecule has 0 spiro atoms. The number of nitrogens with zero attached hydrogens (tertiary/aromatic N) is 2. The Morgan fingerprint density at radius 1 is 0.840 bits per heavy atom. The number of carbonyl (C=O) groups excluding carboxylic acids is 2. The van der Waals surface area contributed by atoms with E-state index in [1.165, 1.54) is 12.4 Å². The first-order valence-electron chi connectivity index (χ1n) is 7.73. The average Bonchev–Trinajstić information content (AvgIpc) is 2.68.